The van der Waals surface area contributed by atoms with Gasteiger partial charge in [0.25, 0.3) is 0 Å². The van der Waals surface area contributed by atoms with Gasteiger partial charge in [-0.15, -0.1) is 0 Å². The fourth-order valence-corrected chi connectivity index (χ4v) is 4.06. The van der Waals surface area contributed by atoms with Crippen molar-refractivity contribution >= 4 is 0 Å². The topological polar surface area (TPSA) is 47.7 Å². The maximum Gasteiger partial charge on any atom is 0.0939 e. The van der Waals surface area contributed by atoms with Crippen LogP contribution in [-0.2, 0) is 9.47 Å². The van der Waals surface area contributed by atoms with E-state index in [0.29, 0.717) is 5.92 Å². The number of nitrogens with two attached hydrogens (primary N) is 1. The van der Waals surface area contributed by atoms with Crippen LogP contribution in [-0.4, -0.2) is 55.0 Å². The van der Waals surface area contributed by atoms with Gasteiger partial charge in [-0.1, -0.05) is 13.8 Å². The molecule has 0 aromatic rings. The zero-order valence-corrected chi connectivity index (χ0v) is 13.7. The van der Waals surface area contributed by atoms with E-state index in [1.165, 1.54) is 0 Å². The lowest BCUT2D eigenvalue weighted by Gasteiger charge is -2.48. The Morgan fingerprint density at radius 1 is 1.30 bits per heavy atom. The lowest BCUT2D eigenvalue weighted by molar-refractivity contribution is -0.108. The van der Waals surface area contributed by atoms with E-state index >= 15 is 0 Å². The van der Waals surface area contributed by atoms with Crippen LogP contribution in [0.5, 0.6) is 0 Å². The number of hydrogen-bond acceptors (Lipinski definition) is 4. The number of hydrogen-bond donors (Lipinski definition) is 1. The Bertz CT molecular complexity index is 310. The van der Waals surface area contributed by atoms with Crippen LogP contribution in [0.15, 0.2) is 0 Å². The Morgan fingerprint density at radius 3 is 2.55 bits per heavy atom. The van der Waals surface area contributed by atoms with Gasteiger partial charge < -0.3 is 15.2 Å². The molecule has 2 N–H and O–H groups in total. The second kappa shape index (κ2) is 6.30. The van der Waals surface area contributed by atoms with Crippen LogP contribution in [0.1, 0.15) is 47.0 Å². The van der Waals surface area contributed by atoms with Gasteiger partial charge in [-0.25, -0.2) is 0 Å². The number of ether oxygens (including phenoxy) is 2. The van der Waals surface area contributed by atoms with Crippen molar-refractivity contribution in [3.05, 3.63) is 0 Å². The molecule has 0 amide bonds. The van der Waals surface area contributed by atoms with Crippen LogP contribution in [0, 0.1) is 5.92 Å². The molecule has 3 unspecified atom stereocenters. The minimum absolute atomic E-state index is 0.0339. The van der Waals surface area contributed by atoms with Gasteiger partial charge in [0.1, 0.15) is 0 Å². The quantitative estimate of drug-likeness (QED) is 0.839. The summed E-state index contributed by atoms with van der Waals surface area (Å²) in [7, 11) is 0. The van der Waals surface area contributed by atoms with E-state index in [1.807, 2.05) is 0 Å². The molecule has 2 fully saturated rings. The van der Waals surface area contributed by atoms with E-state index in [1.54, 1.807) is 0 Å². The molecule has 118 valence electrons. The maximum atomic E-state index is 6.69. The molecule has 4 nitrogen and oxygen atoms in total. The molecule has 0 bridgehead atoms. The van der Waals surface area contributed by atoms with Crippen molar-refractivity contribution in [3.63, 3.8) is 0 Å². The van der Waals surface area contributed by atoms with Crippen molar-refractivity contribution in [3.8, 4) is 0 Å². The maximum absolute atomic E-state index is 6.69. The van der Waals surface area contributed by atoms with Gasteiger partial charge in [0.05, 0.1) is 12.2 Å². The first-order valence-electron chi connectivity index (χ1n) is 8.17. The highest BCUT2D eigenvalue weighted by Crippen LogP contribution is 2.39. The second-order valence-electron chi connectivity index (χ2n) is 6.94. The van der Waals surface area contributed by atoms with E-state index in [2.05, 4.69) is 32.6 Å². The molecule has 2 aliphatic rings. The zero-order chi connectivity index (χ0) is 14.8. The first-order chi connectivity index (χ1) is 9.45. The average Bonchev–Trinajstić information content (AvgIpc) is 2.87. The molecule has 2 rings (SSSR count). The van der Waals surface area contributed by atoms with Gasteiger partial charge >= 0.3 is 0 Å². The average molecular weight is 284 g/mol. The van der Waals surface area contributed by atoms with Crippen molar-refractivity contribution in [2.75, 3.05) is 32.9 Å². The van der Waals surface area contributed by atoms with Crippen LogP contribution in [0.4, 0.5) is 0 Å². The summed E-state index contributed by atoms with van der Waals surface area (Å²) in [5, 5.41) is 0. The number of rotatable bonds is 5. The highest BCUT2D eigenvalue weighted by molar-refractivity contribution is 5.00. The summed E-state index contributed by atoms with van der Waals surface area (Å²) in [6, 6.07) is 0.184. The SMILES string of the molecule is CCN(CC)C(C)(C)C(N)C1CCOC2(CCOC2)C1. The third kappa shape index (κ3) is 3.03. The van der Waals surface area contributed by atoms with E-state index in [9.17, 15) is 0 Å². The monoisotopic (exact) mass is 284 g/mol. The Kier molecular flexibility index (Phi) is 5.11. The minimum atomic E-state index is -0.0418. The highest BCUT2D eigenvalue weighted by atomic mass is 16.6. The van der Waals surface area contributed by atoms with Crippen LogP contribution < -0.4 is 5.73 Å². The van der Waals surface area contributed by atoms with E-state index in [-0.39, 0.29) is 17.2 Å². The van der Waals surface area contributed by atoms with Crippen molar-refractivity contribution in [1.82, 2.24) is 4.90 Å². The molecule has 0 aromatic carbocycles. The van der Waals surface area contributed by atoms with Gasteiger partial charge in [0, 0.05) is 31.2 Å². The van der Waals surface area contributed by atoms with Gasteiger partial charge in [0.15, 0.2) is 0 Å². The lowest BCUT2D eigenvalue weighted by atomic mass is 9.75. The largest absolute Gasteiger partial charge is 0.378 e. The minimum Gasteiger partial charge on any atom is -0.378 e. The van der Waals surface area contributed by atoms with Crippen LogP contribution in [0.25, 0.3) is 0 Å². The fourth-order valence-electron chi connectivity index (χ4n) is 4.06. The molecule has 0 aromatic heterocycles. The molecule has 1 spiro atoms. The summed E-state index contributed by atoms with van der Waals surface area (Å²) in [6.07, 6.45) is 3.16. The molecule has 2 saturated heterocycles. The summed E-state index contributed by atoms with van der Waals surface area (Å²) in [5.41, 5.74) is 6.68. The Labute approximate surface area is 124 Å². The normalized spacial score (nSPS) is 33.0. The smallest absolute Gasteiger partial charge is 0.0939 e. The van der Waals surface area contributed by atoms with Gasteiger partial charge in [-0.05, 0) is 45.7 Å². The Balaban J connectivity index is 2.05. The predicted octanol–water partition coefficient (Wildman–Crippen LogP) is 2.02. The van der Waals surface area contributed by atoms with Crippen LogP contribution in [0.2, 0.25) is 0 Å². The second-order valence-corrected chi connectivity index (χ2v) is 6.94. The van der Waals surface area contributed by atoms with Crippen LogP contribution in [0.3, 0.4) is 0 Å². The summed E-state index contributed by atoms with van der Waals surface area (Å²) in [4.78, 5) is 2.48. The first-order valence-corrected chi connectivity index (χ1v) is 8.17. The van der Waals surface area contributed by atoms with E-state index in [4.69, 9.17) is 15.2 Å². The third-order valence-corrected chi connectivity index (χ3v) is 5.50. The van der Waals surface area contributed by atoms with Crippen molar-refractivity contribution in [2.45, 2.75) is 64.1 Å². The standard InChI is InChI=1S/C16H32N2O2/c1-5-18(6-2)15(3,4)14(17)13-7-9-20-16(11-13)8-10-19-12-16/h13-14H,5-12,17H2,1-4H3. The zero-order valence-electron chi connectivity index (χ0n) is 13.7. The summed E-state index contributed by atoms with van der Waals surface area (Å²) >= 11 is 0. The first kappa shape index (κ1) is 16.2. The van der Waals surface area contributed by atoms with E-state index < -0.39 is 0 Å². The molecule has 20 heavy (non-hydrogen) atoms. The molecule has 0 radical (unpaired) electrons. The molecule has 0 aliphatic carbocycles. The van der Waals surface area contributed by atoms with Gasteiger partial charge in [-0.3, -0.25) is 4.90 Å². The van der Waals surface area contributed by atoms with Crippen molar-refractivity contribution in [1.29, 1.82) is 0 Å². The Hall–Kier alpha value is -0.160. The van der Waals surface area contributed by atoms with Crippen molar-refractivity contribution in [2.24, 2.45) is 11.7 Å². The molecular formula is C16H32N2O2. The highest BCUT2D eigenvalue weighted by Gasteiger charge is 2.45. The van der Waals surface area contributed by atoms with Crippen molar-refractivity contribution < 1.29 is 9.47 Å². The summed E-state index contributed by atoms with van der Waals surface area (Å²) in [6.45, 7) is 13.5. The molecule has 0 saturated carbocycles. The molecule has 4 heteroatoms. The summed E-state index contributed by atoms with van der Waals surface area (Å²) < 4.78 is 11.6. The van der Waals surface area contributed by atoms with Gasteiger partial charge in [-0.2, -0.15) is 0 Å². The Morgan fingerprint density at radius 2 is 2.00 bits per heavy atom. The van der Waals surface area contributed by atoms with Gasteiger partial charge in [0.2, 0.25) is 0 Å². The third-order valence-electron chi connectivity index (χ3n) is 5.50. The number of likely N-dealkylation sites (N-methyl/N-ethyl adjacent to an activating group) is 1. The predicted molar refractivity (Wildman–Crippen MR) is 81.8 cm³/mol. The fraction of sp³-hybridized carbons (Fsp3) is 1.00. The molecular weight excluding hydrogens is 252 g/mol. The lowest BCUT2D eigenvalue weighted by Crippen LogP contribution is -2.60. The molecule has 2 aliphatic heterocycles. The summed E-state index contributed by atoms with van der Waals surface area (Å²) in [5.74, 6) is 0.529. The molecule has 3 atom stereocenters. The van der Waals surface area contributed by atoms with Crippen LogP contribution >= 0.6 is 0 Å². The van der Waals surface area contributed by atoms with E-state index in [0.717, 1.165) is 52.2 Å². The number of nitrogens with zero attached hydrogens (tertiary/aromatic N) is 1. The molecule has 2 heterocycles.